The molecule has 0 N–H and O–H groups in total. The first-order valence-corrected chi connectivity index (χ1v) is 11.9. The van der Waals surface area contributed by atoms with Gasteiger partial charge in [-0.2, -0.15) is 13.2 Å². The van der Waals surface area contributed by atoms with Gasteiger partial charge in [0, 0.05) is 0 Å². The van der Waals surface area contributed by atoms with E-state index in [2.05, 4.69) is 31.2 Å². The highest BCUT2D eigenvalue weighted by molar-refractivity contribution is 6.92. The largest absolute Gasteiger partial charge is 0.419 e. The Morgan fingerprint density at radius 2 is 1.65 bits per heavy atom. The van der Waals surface area contributed by atoms with Gasteiger partial charge in [-0.05, 0) is 36.5 Å². The average molecular weight is 381 g/mol. The maximum absolute atomic E-state index is 13.9. The molecule has 2 aromatic carbocycles. The van der Waals surface area contributed by atoms with Crippen molar-refractivity contribution in [3.8, 4) is 0 Å². The second-order valence-electron chi connectivity index (χ2n) is 7.41. The van der Waals surface area contributed by atoms with Gasteiger partial charge >= 0.3 is 6.18 Å². The van der Waals surface area contributed by atoms with Crippen molar-refractivity contribution in [2.24, 2.45) is 0 Å². The lowest BCUT2D eigenvalue weighted by molar-refractivity contribution is -0.140. The summed E-state index contributed by atoms with van der Waals surface area (Å²) in [5.41, 5.74) is -0.460. The molecule has 0 atom stereocenters. The van der Waals surface area contributed by atoms with E-state index in [9.17, 15) is 17.6 Å². The fraction of sp³-hybridized carbons (Fsp3) is 0.429. The van der Waals surface area contributed by atoms with E-state index in [1.807, 2.05) is 6.07 Å². The van der Waals surface area contributed by atoms with E-state index >= 15 is 0 Å². The first-order valence-electron chi connectivity index (χ1n) is 9.28. The first-order chi connectivity index (χ1) is 12.4. The second kappa shape index (κ2) is 7.55. The van der Waals surface area contributed by atoms with Crippen LogP contribution in [0.25, 0.3) is 0 Å². The van der Waals surface area contributed by atoms with Crippen LogP contribution in [0, 0.1) is 5.82 Å². The zero-order valence-corrected chi connectivity index (χ0v) is 16.0. The molecule has 2 aromatic rings. The molecule has 0 spiro atoms. The first kappa shape index (κ1) is 19.1. The summed E-state index contributed by atoms with van der Waals surface area (Å²) in [6, 6.07) is 17.6. The quantitative estimate of drug-likeness (QED) is 0.420. The minimum Gasteiger partial charge on any atom is -0.206 e. The Hall–Kier alpha value is -1.62. The molecule has 0 radical (unpaired) electrons. The van der Waals surface area contributed by atoms with Crippen molar-refractivity contribution >= 4 is 13.3 Å². The lowest BCUT2D eigenvalue weighted by Gasteiger charge is -2.39. The van der Waals surface area contributed by atoms with Gasteiger partial charge in [-0.3, -0.25) is 0 Å². The lowest BCUT2D eigenvalue weighted by atomic mass is 9.92. The van der Waals surface area contributed by atoms with Gasteiger partial charge in [0.1, 0.15) is 5.82 Å². The number of hydrogen-bond donors (Lipinski definition) is 0. The summed E-state index contributed by atoms with van der Waals surface area (Å²) in [7, 11) is -1.56. The van der Waals surface area contributed by atoms with Crippen molar-refractivity contribution in [1.29, 1.82) is 0 Å². The van der Waals surface area contributed by atoms with Crippen LogP contribution in [0.4, 0.5) is 17.6 Å². The molecular weight excluding hydrogens is 356 g/mol. The molecule has 1 aliphatic rings. The van der Waals surface area contributed by atoms with Crippen LogP contribution < -0.4 is 5.19 Å². The number of alkyl halides is 3. The molecule has 0 unspecified atom stereocenters. The molecule has 1 aliphatic heterocycles. The van der Waals surface area contributed by atoms with E-state index in [1.54, 1.807) is 0 Å². The molecule has 1 heterocycles. The van der Waals surface area contributed by atoms with Crippen molar-refractivity contribution in [2.45, 2.75) is 56.4 Å². The molecular formula is C21H24F4Si. The monoisotopic (exact) mass is 380 g/mol. The van der Waals surface area contributed by atoms with Crippen LogP contribution in [0.15, 0.2) is 48.5 Å². The molecule has 0 bridgehead atoms. The number of halogens is 4. The van der Waals surface area contributed by atoms with Crippen molar-refractivity contribution in [3.63, 3.8) is 0 Å². The van der Waals surface area contributed by atoms with Gasteiger partial charge in [-0.25, -0.2) is 4.39 Å². The van der Waals surface area contributed by atoms with Gasteiger partial charge in [0.25, 0.3) is 0 Å². The average Bonchev–Trinajstić information content (AvgIpc) is 2.62. The van der Waals surface area contributed by atoms with Gasteiger partial charge in [0.15, 0.2) is 0 Å². The smallest absolute Gasteiger partial charge is 0.206 e. The second-order valence-corrected chi connectivity index (χ2v) is 12.0. The van der Waals surface area contributed by atoms with Crippen molar-refractivity contribution in [2.75, 3.05) is 0 Å². The van der Waals surface area contributed by atoms with Crippen LogP contribution in [0.1, 0.15) is 43.2 Å². The van der Waals surface area contributed by atoms with E-state index in [-0.39, 0.29) is 5.92 Å². The Morgan fingerprint density at radius 1 is 1.00 bits per heavy atom. The van der Waals surface area contributed by atoms with Crippen LogP contribution in [-0.4, -0.2) is 8.07 Å². The van der Waals surface area contributed by atoms with Crippen LogP contribution in [-0.2, 0) is 6.18 Å². The van der Waals surface area contributed by atoms with Crippen LogP contribution in [0.3, 0.4) is 0 Å². The molecule has 1 fully saturated rings. The summed E-state index contributed by atoms with van der Waals surface area (Å²) in [4.78, 5) is 0. The highest BCUT2D eigenvalue weighted by atomic mass is 28.3. The zero-order chi connectivity index (χ0) is 18.8. The van der Waals surface area contributed by atoms with Crippen LogP contribution in [0.2, 0.25) is 18.1 Å². The Morgan fingerprint density at radius 3 is 2.19 bits per heavy atom. The molecule has 140 valence electrons. The molecule has 0 amide bonds. The minimum atomic E-state index is -4.63. The summed E-state index contributed by atoms with van der Waals surface area (Å²) in [6.45, 7) is 2.22. The standard InChI is InChI=1S/C21H24F4Si/c1-2-12-26(18-6-4-3-5-7-18)13-10-16(11-14-26)17-8-9-19(20(22)15-17)21(23,24)25/h3-9,15-16H,2,10-14H2,1H3. The number of hydrogen-bond acceptors (Lipinski definition) is 0. The van der Waals surface area contributed by atoms with Gasteiger partial charge in [-0.1, -0.05) is 73.1 Å². The van der Waals surface area contributed by atoms with Crippen molar-refractivity contribution in [1.82, 2.24) is 0 Å². The topological polar surface area (TPSA) is 0 Å². The summed E-state index contributed by atoms with van der Waals surface area (Å²) < 4.78 is 52.2. The SMILES string of the molecule is CCC[Si]1(c2ccccc2)CCC(c2ccc(C(F)(F)F)c(F)c2)CC1. The predicted molar refractivity (Wildman–Crippen MR) is 99.9 cm³/mol. The van der Waals surface area contributed by atoms with Gasteiger partial charge in [0.05, 0.1) is 13.6 Å². The van der Waals surface area contributed by atoms with Gasteiger partial charge in [-0.15, -0.1) is 0 Å². The third-order valence-electron chi connectivity index (χ3n) is 5.83. The Bertz CT molecular complexity index is 731. The fourth-order valence-electron chi connectivity index (χ4n) is 4.47. The maximum Gasteiger partial charge on any atom is 0.419 e. The predicted octanol–water partition coefficient (Wildman–Crippen LogP) is 6.49. The molecule has 26 heavy (non-hydrogen) atoms. The molecule has 0 aliphatic carbocycles. The summed E-state index contributed by atoms with van der Waals surface area (Å²) in [5.74, 6) is -0.992. The third kappa shape index (κ3) is 3.87. The van der Waals surface area contributed by atoms with Crippen LogP contribution in [0.5, 0.6) is 0 Å². The highest BCUT2D eigenvalue weighted by Gasteiger charge is 2.39. The van der Waals surface area contributed by atoms with E-state index in [0.717, 1.165) is 43.5 Å². The van der Waals surface area contributed by atoms with Crippen LogP contribution >= 0.6 is 0 Å². The molecule has 3 rings (SSSR count). The molecule has 0 nitrogen and oxygen atoms in total. The molecule has 1 saturated heterocycles. The number of rotatable bonds is 4. The minimum absolute atomic E-state index is 0.160. The maximum atomic E-state index is 13.9. The third-order valence-corrected chi connectivity index (χ3v) is 11.3. The number of benzene rings is 2. The lowest BCUT2D eigenvalue weighted by Crippen LogP contribution is -2.49. The van der Waals surface area contributed by atoms with Crippen molar-refractivity contribution < 1.29 is 17.6 Å². The molecule has 0 saturated carbocycles. The van der Waals surface area contributed by atoms with E-state index in [0.29, 0.717) is 5.56 Å². The molecule has 5 heteroatoms. The Balaban J connectivity index is 1.78. The van der Waals surface area contributed by atoms with Gasteiger partial charge in [0.2, 0.25) is 0 Å². The van der Waals surface area contributed by atoms with E-state index in [1.165, 1.54) is 17.3 Å². The van der Waals surface area contributed by atoms with E-state index < -0.39 is 25.6 Å². The Labute approximate surface area is 153 Å². The fourth-order valence-corrected chi connectivity index (χ4v) is 9.75. The Kier molecular flexibility index (Phi) is 5.56. The zero-order valence-electron chi connectivity index (χ0n) is 15.0. The highest BCUT2D eigenvalue weighted by Crippen LogP contribution is 2.41. The normalized spacial score (nSPS) is 23.8. The summed E-state index contributed by atoms with van der Waals surface area (Å²) in [5, 5.41) is 1.49. The van der Waals surface area contributed by atoms with E-state index in [4.69, 9.17) is 0 Å². The molecule has 0 aromatic heterocycles. The summed E-state index contributed by atoms with van der Waals surface area (Å²) >= 11 is 0. The van der Waals surface area contributed by atoms with Gasteiger partial charge < -0.3 is 0 Å². The summed E-state index contributed by atoms with van der Waals surface area (Å²) in [6.07, 6.45) is -1.61. The van der Waals surface area contributed by atoms with Crippen molar-refractivity contribution in [3.05, 3.63) is 65.5 Å².